The van der Waals surface area contributed by atoms with Crippen molar-refractivity contribution in [3.05, 3.63) is 58.6 Å². The number of ether oxygens (including phenoxy) is 2. The highest BCUT2D eigenvalue weighted by Gasteiger charge is 2.02. The lowest BCUT2D eigenvalue weighted by Gasteiger charge is -2.09. The Balaban J connectivity index is 1.62. The molecule has 0 atom stereocenters. The van der Waals surface area contributed by atoms with E-state index < -0.39 is 0 Å². The van der Waals surface area contributed by atoms with Crippen molar-refractivity contribution in [1.82, 2.24) is 5.32 Å². The Labute approximate surface area is 138 Å². The second-order valence-corrected chi connectivity index (χ2v) is 5.67. The minimum atomic E-state index is -0.171. The molecule has 2 aromatic carbocycles. The van der Waals surface area contributed by atoms with Crippen LogP contribution >= 0.6 is 15.9 Å². The molecule has 0 spiro atoms. The molecular weight excluding hydrogens is 346 g/mol. The Kier molecular flexibility index (Phi) is 6.27. The maximum absolute atomic E-state index is 11.6. The lowest BCUT2D eigenvalue weighted by atomic mass is 10.2. The normalized spacial score (nSPS) is 10.1. The summed E-state index contributed by atoms with van der Waals surface area (Å²) < 4.78 is 11.9. The number of benzene rings is 2. The van der Waals surface area contributed by atoms with Gasteiger partial charge in [0.05, 0.1) is 6.54 Å². The predicted octanol–water partition coefficient (Wildman–Crippen LogP) is 3.33. The van der Waals surface area contributed by atoms with E-state index in [1.807, 2.05) is 43.3 Å². The van der Waals surface area contributed by atoms with Crippen molar-refractivity contribution < 1.29 is 14.3 Å². The maximum Gasteiger partial charge on any atom is 0.258 e. The molecule has 4 nitrogen and oxygen atoms in total. The summed E-state index contributed by atoms with van der Waals surface area (Å²) in [5, 5.41) is 2.75. The number of rotatable bonds is 7. The second kappa shape index (κ2) is 8.44. The summed E-state index contributed by atoms with van der Waals surface area (Å²) in [4.78, 5) is 11.6. The van der Waals surface area contributed by atoms with Gasteiger partial charge in [-0.3, -0.25) is 4.79 Å². The van der Waals surface area contributed by atoms with Crippen LogP contribution in [0.4, 0.5) is 0 Å². The number of hydrogen-bond acceptors (Lipinski definition) is 3. The van der Waals surface area contributed by atoms with Crippen molar-refractivity contribution >= 4 is 21.8 Å². The third-order valence-electron chi connectivity index (χ3n) is 2.87. The number of carbonyl (C=O) groups excluding carboxylic acids is 1. The summed E-state index contributed by atoms with van der Waals surface area (Å²) in [6.45, 7) is 2.87. The SMILES string of the molecule is Cc1cccc(OCCNC(=O)COc2ccc(Br)cc2)c1. The van der Waals surface area contributed by atoms with E-state index in [-0.39, 0.29) is 12.5 Å². The molecule has 0 radical (unpaired) electrons. The van der Waals surface area contributed by atoms with Gasteiger partial charge < -0.3 is 14.8 Å². The van der Waals surface area contributed by atoms with Gasteiger partial charge in [-0.2, -0.15) is 0 Å². The van der Waals surface area contributed by atoms with Crippen molar-refractivity contribution in [2.24, 2.45) is 0 Å². The molecule has 0 saturated carbocycles. The standard InChI is InChI=1S/C17H18BrNO3/c1-13-3-2-4-16(11-13)21-10-9-19-17(20)12-22-15-7-5-14(18)6-8-15/h2-8,11H,9-10,12H2,1H3,(H,19,20). The van der Waals surface area contributed by atoms with Crippen LogP contribution in [0.25, 0.3) is 0 Å². The molecule has 0 aliphatic heterocycles. The maximum atomic E-state index is 11.6. The Morgan fingerprint density at radius 1 is 1.09 bits per heavy atom. The third-order valence-corrected chi connectivity index (χ3v) is 3.39. The molecule has 0 unspecified atom stereocenters. The van der Waals surface area contributed by atoms with E-state index in [0.29, 0.717) is 18.9 Å². The number of aryl methyl sites for hydroxylation is 1. The van der Waals surface area contributed by atoms with Gasteiger partial charge in [-0.25, -0.2) is 0 Å². The fraction of sp³-hybridized carbons (Fsp3) is 0.235. The first-order chi connectivity index (χ1) is 10.6. The minimum absolute atomic E-state index is 0.00786. The van der Waals surface area contributed by atoms with Gasteiger partial charge in [-0.15, -0.1) is 0 Å². The molecule has 0 aromatic heterocycles. The Hall–Kier alpha value is -2.01. The first-order valence-corrected chi connectivity index (χ1v) is 7.77. The minimum Gasteiger partial charge on any atom is -0.492 e. The third kappa shape index (κ3) is 5.77. The van der Waals surface area contributed by atoms with Crippen LogP contribution in [0.2, 0.25) is 0 Å². The first kappa shape index (κ1) is 16.4. The van der Waals surface area contributed by atoms with E-state index in [4.69, 9.17) is 9.47 Å². The van der Waals surface area contributed by atoms with Crippen molar-refractivity contribution in [1.29, 1.82) is 0 Å². The molecule has 5 heteroatoms. The average Bonchev–Trinajstić information content (AvgIpc) is 2.51. The number of halogens is 1. The molecule has 22 heavy (non-hydrogen) atoms. The zero-order valence-corrected chi connectivity index (χ0v) is 13.9. The molecule has 0 aliphatic carbocycles. The molecular formula is C17H18BrNO3. The quantitative estimate of drug-likeness (QED) is 0.767. The molecule has 0 heterocycles. The van der Waals surface area contributed by atoms with E-state index in [9.17, 15) is 4.79 Å². The highest BCUT2D eigenvalue weighted by molar-refractivity contribution is 9.10. The Bertz CT molecular complexity index is 614. The van der Waals surface area contributed by atoms with Gasteiger partial charge in [0.15, 0.2) is 6.61 Å². The van der Waals surface area contributed by atoms with E-state index in [1.165, 1.54) is 0 Å². The van der Waals surface area contributed by atoms with Crippen LogP contribution in [0.1, 0.15) is 5.56 Å². The largest absolute Gasteiger partial charge is 0.492 e. The van der Waals surface area contributed by atoms with Gasteiger partial charge in [0, 0.05) is 4.47 Å². The zero-order valence-electron chi connectivity index (χ0n) is 12.3. The van der Waals surface area contributed by atoms with Crippen molar-refractivity contribution in [2.45, 2.75) is 6.92 Å². The van der Waals surface area contributed by atoms with Gasteiger partial charge in [-0.05, 0) is 48.9 Å². The van der Waals surface area contributed by atoms with Gasteiger partial charge in [0.1, 0.15) is 18.1 Å². The summed E-state index contributed by atoms with van der Waals surface area (Å²) >= 11 is 3.34. The molecule has 2 rings (SSSR count). The van der Waals surface area contributed by atoms with E-state index in [0.717, 1.165) is 15.8 Å². The molecule has 0 fully saturated rings. The van der Waals surface area contributed by atoms with Crippen LogP contribution in [-0.2, 0) is 4.79 Å². The Morgan fingerprint density at radius 3 is 2.59 bits per heavy atom. The predicted molar refractivity (Wildman–Crippen MR) is 89.3 cm³/mol. The highest BCUT2D eigenvalue weighted by Crippen LogP contribution is 2.15. The molecule has 0 aliphatic rings. The van der Waals surface area contributed by atoms with E-state index >= 15 is 0 Å². The van der Waals surface area contributed by atoms with Crippen LogP contribution in [0.5, 0.6) is 11.5 Å². The number of amides is 1. The number of hydrogen-bond donors (Lipinski definition) is 1. The summed E-state index contributed by atoms with van der Waals surface area (Å²) in [5.74, 6) is 1.30. The first-order valence-electron chi connectivity index (χ1n) is 6.98. The molecule has 2 aromatic rings. The topological polar surface area (TPSA) is 47.6 Å². The van der Waals surface area contributed by atoms with Crippen molar-refractivity contribution in [3.8, 4) is 11.5 Å². The molecule has 0 saturated heterocycles. The van der Waals surface area contributed by atoms with Gasteiger partial charge in [-0.1, -0.05) is 28.1 Å². The van der Waals surface area contributed by atoms with Crippen LogP contribution in [0.15, 0.2) is 53.0 Å². The van der Waals surface area contributed by atoms with Gasteiger partial charge >= 0.3 is 0 Å². The average molecular weight is 364 g/mol. The molecule has 1 N–H and O–H groups in total. The van der Waals surface area contributed by atoms with Crippen molar-refractivity contribution in [2.75, 3.05) is 19.8 Å². The van der Waals surface area contributed by atoms with Gasteiger partial charge in [0.2, 0.25) is 0 Å². The van der Waals surface area contributed by atoms with Crippen LogP contribution in [0, 0.1) is 6.92 Å². The number of nitrogens with one attached hydrogen (secondary N) is 1. The molecule has 116 valence electrons. The summed E-state index contributed by atoms with van der Waals surface area (Å²) in [7, 11) is 0. The zero-order chi connectivity index (χ0) is 15.8. The lowest BCUT2D eigenvalue weighted by Crippen LogP contribution is -2.32. The number of carbonyl (C=O) groups is 1. The second-order valence-electron chi connectivity index (χ2n) is 4.76. The summed E-state index contributed by atoms with van der Waals surface area (Å²) in [5.41, 5.74) is 1.14. The fourth-order valence-corrected chi connectivity index (χ4v) is 2.06. The van der Waals surface area contributed by atoms with Crippen LogP contribution in [0.3, 0.4) is 0 Å². The Morgan fingerprint density at radius 2 is 1.86 bits per heavy atom. The van der Waals surface area contributed by atoms with E-state index in [2.05, 4.69) is 21.2 Å². The fourth-order valence-electron chi connectivity index (χ4n) is 1.80. The van der Waals surface area contributed by atoms with Crippen molar-refractivity contribution in [3.63, 3.8) is 0 Å². The van der Waals surface area contributed by atoms with Crippen LogP contribution < -0.4 is 14.8 Å². The monoisotopic (exact) mass is 363 g/mol. The molecule has 1 amide bonds. The molecule has 0 bridgehead atoms. The lowest BCUT2D eigenvalue weighted by molar-refractivity contribution is -0.123. The van der Waals surface area contributed by atoms with E-state index in [1.54, 1.807) is 12.1 Å². The van der Waals surface area contributed by atoms with Gasteiger partial charge in [0.25, 0.3) is 5.91 Å². The smallest absolute Gasteiger partial charge is 0.258 e. The highest BCUT2D eigenvalue weighted by atomic mass is 79.9. The van der Waals surface area contributed by atoms with Crippen LogP contribution in [-0.4, -0.2) is 25.7 Å². The summed E-state index contributed by atoms with van der Waals surface area (Å²) in [6.07, 6.45) is 0. The summed E-state index contributed by atoms with van der Waals surface area (Å²) in [6, 6.07) is 15.1.